The SMILES string of the molecule is CC(O)Oc1ccccc1.CCCCCCCCCCCCCCCCOC(=O)CCCCCCCCCCCCCCC. The number of hydrogen-bond donors (Lipinski definition) is 1. The van der Waals surface area contributed by atoms with Crippen molar-refractivity contribution in [1.82, 2.24) is 0 Å². The van der Waals surface area contributed by atoms with Gasteiger partial charge in [-0.15, -0.1) is 0 Å². The molecule has 258 valence electrons. The number of ether oxygens (including phenoxy) is 2. The van der Waals surface area contributed by atoms with Crippen molar-refractivity contribution in [3.05, 3.63) is 30.3 Å². The number of carbonyl (C=O) groups is 1. The Morgan fingerprint density at radius 1 is 0.545 bits per heavy atom. The predicted molar refractivity (Wildman–Crippen MR) is 190 cm³/mol. The van der Waals surface area contributed by atoms with Crippen molar-refractivity contribution in [2.45, 2.75) is 207 Å². The van der Waals surface area contributed by atoms with Crippen molar-refractivity contribution in [2.24, 2.45) is 0 Å². The summed E-state index contributed by atoms with van der Waals surface area (Å²) in [6, 6.07) is 9.21. The fraction of sp³-hybridized carbons (Fsp3) is 0.825. The molecule has 0 aliphatic heterocycles. The molecule has 0 aliphatic rings. The van der Waals surface area contributed by atoms with E-state index in [0.717, 1.165) is 12.8 Å². The van der Waals surface area contributed by atoms with E-state index in [-0.39, 0.29) is 5.97 Å². The number of rotatable bonds is 31. The summed E-state index contributed by atoms with van der Waals surface area (Å²) in [5.74, 6) is 0.718. The van der Waals surface area contributed by atoms with Gasteiger partial charge in [0.25, 0.3) is 0 Å². The van der Waals surface area contributed by atoms with E-state index in [0.29, 0.717) is 18.8 Å². The Hall–Kier alpha value is -1.55. The first-order chi connectivity index (χ1) is 21.6. The van der Waals surface area contributed by atoms with E-state index < -0.39 is 6.29 Å². The Kier molecular flexibility index (Phi) is 34.7. The highest BCUT2D eigenvalue weighted by Crippen LogP contribution is 2.15. The Balaban J connectivity index is 0.00000155. The lowest BCUT2D eigenvalue weighted by Gasteiger charge is -2.06. The average molecular weight is 619 g/mol. The van der Waals surface area contributed by atoms with E-state index in [9.17, 15) is 4.79 Å². The molecule has 0 bridgehead atoms. The Morgan fingerprint density at radius 3 is 1.25 bits per heavy atom. The van der Waals surface area contributed by atoms with Crippen LogP contribution in [0.3, 0.4) is 0 Å². The Labute approximate surface area is 274 Å². The van der Waals surface area contributed by atoms with Gasteiger partial charge in [-0.2, -0.15) is 0 Å². The van der Waals surface area contributed by atoms with Crippen LogP contribution in [0.1, 0.15) is 201 Å². The van der Waals surface area contributed by atoms with Gasteiger partial charge < -0.3 is 14.6 Å². The molecule has 0 saturated heterocycles. The minimum Gasteiger partial charge on any atom is -0.466 e. The molecule has 1 atom stereocenters. The molecule has 4 nitrogen and oxygen atoms in total. The van der Waals surface area contributed by atoms with Gasteiger partial charge in [-0.05, 0) is 31.9 Å². The van der Waals surface area contributed by atoms with Crippen molar-refractivity contribution in [3.63, 3.8) is 0 Å². The largest absolute Gasteiger partial charge is 0.466 e. The second-order valence-corrected chi connectivity index (χ2v) is 12.8. The predicted octanol–water partition coefficient (Wildman–Crippen LogP) is 12.9. The smallest absolute Gasteiger partial charge is 0.305 e. The standard InChI is InChI=1S/C32H64O2.C8H10O2/c1-3-5-7-9-11-13-15-17-19-21-23-25-27-29-31-34-32(33)30-28-26-24-22-20-18-16-14-12-10-8-6-4-2;1-7(9)10-8-5-3-2-4-6-8/h3-31H2,1-2H3;2-7,9H,1H3. The number of benzene rings is 1. The number of aliphatic hydroxyl groups excluding tert-OH is 1. The van der Waals surface area contributed by atoms with Crippen molar-refractivity contribution >= 4 is 5.97 Å². The summed E-state index contributed by atoms with van der Waals surface area (Å²) in [6.07, 6.45) is 36.4. The first-order valence-corrected chi connectivity index (χ1v) is 19.2. The molecule has 1 N–H and O–H groups in total. The van der Waals surface area contributed by atoms with Crippen LogP contribution in [0.5, 0.6) is 5.75 Å². The highest BCUT2D eigenvalue weighted by atomic mass is 16.6. The van der Waals surface area contributed by atoms with Crippen LogP contribution in [-0.4, -0.2) is 24.0 Å². The minimum absolute atomic E-state index is 0.0257. The molecule has 0 spiro atoms. The van der Waals surface area contributed by atoms with Crippen LogP contribution in [-0.2, 0) is 9.53 Å². The summed E-state index contributed by atoms with van der Waals surface area (Å²) < 4.78 is 10.4. The zero-order valence-electron chi connectivity index (χ0n) is 29.6. The molecule has 0 aromatic heterocycles. The van der Waals surface area contributed by atoms with Crippen LogP contribution in [0.15, 0.2) is 30.3 Å². The number of esters is 1. The van der Waals surface area contributed by atoms with Gasteiger partial charge in [-0.3, -0.25) is 4.79 Å². The first kappa shape index (κ1) is 42.5. The van der Waals surface area contributed by atoms with Gasteiger partial charge in [0, 0.05) is 6.42 Å². The average Bonchev–Trinajstić information content (AvgIpc) is 3.02. The summed E-state index contributed by atoms with van der Waals surface area (Å²) in [5.41, 5.74) is 0. The molecule has 4 heteroatoms. The third kappa shape index (κ3) is 34.9. The van der Waals surface area contributed by atoms with Crippen LogP contribution in [0.4, 0.5) is 0 Å². The maximum Gasteiger partial charge on any atom is 0.305 e. The van der Waals surface area contributed by atoms with Gasteiger partial charge in [0.1, 0.15) is 5.75 Å². The molecule has 0 fully saturated rings. The van der Waals surface area contributed by atoms with Crippen molar-refractivity contribution in [2.75, 3.05) is 6.61 Å². The molecule has 0 aliphatic carbocycles. The number of hydrogen-bond acceptors (Lipinski definition) is 4. The molecule has 0 amide bonds. The molecule has 0 heterocycles. The van der Waals surface area contributed by atoms with Crippen molar-refractivity contribution in [1.29, 1.82) is 0 Å². The molecule has 1 rings (SSSR count). The number of aliphatic hydroxyl groups is 1. The summed E-state index contributed by atoms with van der Waals surface area (Å²) >= 11 is 0. The van der Waals surface area contributed by atoms with Crippen molar-refractivity contribution < 1.29 is 19.4 Å². The number of para-hydroxylation sites is 1. The molecular formula is C40H74O4. The first-order valence-electron chi connectivity index (χ1n) is 19.2. The second-order valence-electron chi connectivity index (χ2n) is 12.8. The Bertz CT molecular complexity index is 675. The van der Waals surface area contributed by atoms with E-state index in [1.807, 2.05) is 18.2 Å². The lowest BCUT2D eigenvalue weighted by molar-refractivity contribution is -0.143. The molecular weight excluding hydrogens is 544 g/mol. The van der Waals surface area contributed by atoms with Crippen LogP contribution in [0, 0.1) is 0 Å². The monoisotopic (exact) mass is 619 g/mol. The third-order valence-electron chi connectivity index (χ3n) is 8.30. The van der Waals surface area contributed by atoms with Gasteiger partial charge in [-0.25, -0.2) is 0 Å². The highest BCUT2D eigenvalue weighted by Gasteiger charge is 2.03. The molecule has 0 saturated carbocycles. The van der Waals surface area contributed by atoms with Crippen LogP contribution in [0.25, 0.3) is 0 Å². The van der Waals surface area contributed by atoms with Gasteiger partial charge in [0.2, 0.25) is 0 Å². The molecule has 1 aromatic carbocycles. The third-order valence-corrected chi connectivity index (χ3v) is 8.30. The lowest BCUT2D eigenvalue weighted by atomic mass is 10.0. The van der Waals surface area contributed by atoms with Gasteiger partial charge in [-0.1, -0.05) is 193 Å². The molecule has 44 heavy (non-hydrogen) atoms. The molecule has 1 aromatic rings. The maximum atomic E-state index is 11.9. The topological polar surface area (TPSA) is 55.8 Å². The number of unbranched alkanes of at least 4 members (excludes halogenated alkanes) is 25. The fourth-order valence-corrected chi connectivity index (χ4v) is 5.54. The lowest BCUT2D eigenvalue weighted by Crippen LogP contribution is -2.08. The zero-order chi connectivity index (χ0) is 32.2. The summed E-state index contributed by atoms with van der Waals surface area (Å²) in [7, 11) is 0. The van der Waals surface area contributed by atoms with E-state index >= 15 is 0 Å². The second kappa shape index (κ2) is 35.9. The fourth-order valence-electron chi connectivity index (χ4n) is 5.54. The molecule has 0 radical (unpaired) electrons. The summed E-state index contributed by atoms with van der Waals surface area (Å²) in [4.78, 5) is 11.9. The molecule has 1 unspecified atom stereocenters. The van der Waals surface area contributed by atoms with E-state index in [1.165, 1.54) is 161 Å². The minimum atomic E-state index is -0.734. The Morgan fingerprint density at radius 2 is 0.886 bits per heavy atom. The van der Waals surface area contributed by atoms with Gasteiger partial charge >= 0.3 is 5.97 Å². The summed E-state index contributed by atoms with van der Waals surface area (Å²) in [5, 5.41) is 8.78. The highest BCUT2D eigenvalue weighted by molar-refractivity contribution is 5.69. The van der Waals surface area contributed by atoms with Crippen LogP contribution in [0.2, 0.25) is 0 Å². The van der Waals surface area contributed by atoms with E-state index in [2.05, 4.69) is 13.8 Å². The van der Waals surface area contributed by atoms with E-state index in [4.69, 9.17) is 14.6 Å². The van der Waals surface area contributed by atoms with Crippen LogP contribution < -0.4 is 4.74 Å². The van der Waals surface area contributed by atoms with Crippen molar-refractivity contribution in [3.8, 4) is 5.75 Å². The quantitative estimate of drug-likeness (QED) is 0.0511. The number of carbonyl (C=O) groups excluding carboxylic acids is 1. The van der Waals surface area contributed by atoms with Gasteiger partial charge in [0.15, 0.2) is 6.29 Å². The summed E-state index contributed by atoms with van der Waals surface area (Å²) in [6.45, 7) is 6.78. The maximum absolute atomic E-state index is 11.9. The van der Waals surface area contributed by atoms with Crippen LogP contribution >= 0.6 is 0 Å². The van der Waals surface area contributed by atoms with E-state index in [1.54, 1.807) is 19.1 Å². The van der Waals surface area contributed by atoms with Gasteiger partial charge in [0.05, 0.1) is 6.61 Å². The zero-order valence-corrected chi connectivity index (χ0v) is 29.6. The normalized spacial score (nSPS) is 11.5.